The van der Waals surface area contributed by atoms with Crippen LogP contribution in [0.3, 0.4) is 0 Å². The predicted molar refractivity (Wildman–Crippen MR) is 75.5 cm³/mol. The molecule has 0 radical (unpaired) electrons. The molecule has 0 aliphatic heterocycles. The Morgan fingerprint density at radius 1 is 1.11 bits per heavy atom. The second kappa shape index (κ2) is 5.91. The van der Waals surface area contributed by atoms with E-state index in [0.717, 1.165) is 5.56 Å². The Bertz CT molecular complexity index is 594. The number of hydrogen-bond donors (Lipinski definition) is 0. The third-order valence-corrected chi connectivity index (χ3v) is 2.85. The van der Waals surface area contributed by atoms with Gasteiger partial charge in [-0.1, -0.05) is 42.5 Å². The van der Waals surface area contributed by atoms with E-state index < -0.39 is 4.92 Å². The zero-order chi connectivity index (χ0) is 13.7. The molecule has 96 valence electrons. The lowest BCUT2D eigenvalue weighted by molar-refractivity contribution is -0.385. The van der Waals surface area contributed by atoms with E-state index in [2.05, 4.69) is 4.99 Å². The smallest absolute Gasteiger partial charge is 0.278 e. The van der Waals surface area contributed by atoms with Crippen molar-refractivity contribution >= 4 is 11.9 Å². The molecule has 1 atom stereocenters. The molecule has 19 heavy (non-hydrogen) atoms. The third kappa shape index (κ3) is 3.25. The van der Waals surface area contributed by atoms with Gasteiger partial charge >= 0.3 is 0 Å². The maximum Gasteiger partial charge on any atom is 0.278 e. The summed E-state index contributed by atoms with van der Waals surface area (Å²) in [4.78, 5) is 14.9. The van der Waals surface area contributed by atoms with Crippen molar-refractivity contribution < 1.29 is 4.92 Å². The Hall–Kier alpha value is -2.49. The van der Waals surface area contributed by atoms with Crippen LogP contribution in [-0.4, -0.2) is 11.1 Å². The molecule has 0 saturated carbocycles. The van der Waals surface area contributed by atoms with E-state index in [4.69, 9.17) is 0 Å². The van der Waals surface area contributed by atoms with Crippen molar-refractivity contribution in [2.24, 2.45) is 4.99 Å². The molecule has 0 unspecified atom stereocenters. The fourth-order valence-corrected chi connectivity index (χ4v) is 1.77. The molecule has 0 bridgehead atoms. The van der Waals surface area contributed by atoms with Crippen molar-refractivity contribution in [3.8, 4) is 0 Å². The number of para-hydroxylation sites is 1. The minimum atomic E-state index is -0.394. The number of rotatable bonds is 4. The van der Waals surface area contributed by atoms with Gasteiger partial charge in [-0.15, -0.1) is 0 Å². The lowest BCUT2D eigenvalue weighted by atomic mass is 10.1. The molecule has 0 fully saturated rings. The minimum absolute atomic E-state index is 0.0268. The van der Waals surface area contributed by atoms with Crippen LogP contribution in [0.1, 0.15) is 24.1 Å². The average Bonchev–Trinajstić information content (AvgIpc) is 2.46. The summed E-state index contributed by atoms with van der Waals surface area (Å²) in [6.45, 7) is 1.96. The van der Waals surface area contributed by atoms with E-state index in [9.17, 15) is 10.1 Å². The van der Waals surface area contributed by atoms with E-state index >= 15 is 0 Å². The van der Waals surface area contributed by atoms with Crippen LogP contribution in [0.2, 0.25) is 0 Å². The fourth-order valence-electron chi connectivity index (χ4n) is 1.77. The maximum atomic E-state index is 10.9. The molecule has 0 N–H and O–H groups in total. The summed E-state index contributed by atoms with van der Waals surface area (Å²) in [5.41, 5.74) is 1.68. The summed E-state index contributed by atoms with van der Waals surface area (Å²) >= 11 is 0. The number of aliphatic imine (C=N–C) groups is 1. The minimum Gasteiger partial charge on any atom is -0.285 e. The van der Waals surface area contributed by atoms with Crippen LogP contribution in [0.4, 0.5) is 5.69 Å². The van der Waals surface area contributed by atoms with Crippen molar-refractivity contribution in [2.75, 3.05) is 0 Å². The number of benzene rings is 2. The van der Waals surface area contributed by atoms with Gasteiger partial charge in [-0.2, -0.15) is 0 Å². The van der Waals surface area contributed by atoms with Gasteiger partial charge in [0.2, 0.25) is 0 Å². The lowest BCUT2D eigenvalue weighted by Gasteiger charge is -2.05. The van der Waals surface area contributed by atoms with Gasteiger partial charge in [0, 0.05) is 12.3 Å². The van der Waals surface area contributed by atoms with Gasteiger partial charge in [0.25, 0.3) is 5.69 Å². The Morgan fingerprint density at radius 3 is 2.42 bits per heavy atom. The molecule has 4 nitrogen and oxygen atoms in total. The molecule has 0 heterocycles. The van der Waals surface area contributed by atoms with Crippen LogP contribution < -0.4 is 0 Å². The van der Waals surface area contributed by atoms with Crippen LogP contribution in [0.25, 0.3) is 0 Å². The summed E-state index contributed by atoms with van der Waals surface area (Å²) in [7, 11) is 0. The average molecular weight is 254 g/mol. The SMILES string of the molecule is C[C@@H](N=Cc1ccccc1[N+](=O)[O-])c1ccccc1. The van der Waals surface area contributed by atoms with Crippen molar-refractivity contribution in [1.29, 1.82) is 0 Å². The Labute approximate surface area is 111 Å². The second-order valence-corrected chi connectivity index (χ2v) is 4.18. The van der Waals surface area contributed by atoms with Crippen molar-refractivity contribution in [2.45, 2.75) is 13.0 Å². The van der Waals surface area contributed by atoms with Gasteiger partial charge in [-0.05, 0) is 18.6 Å². The van der Waals surface area contributed by atoms with E-state index in [1.807, 2.05) is 37.3 Å². The van der Waals surface area contributed by atoms with Crippen LogP contribution >= 0.6 is 0 Å². The molecule has 2 aromatic rings. The summed E-state index contributed by atoms with van der Waals surface area (Å²) in [5.74, 6) is 0. The summed E-state index contributed by atoms with van der Waals surface area (Å²) in [5, 5.41) is 10.9. The maximum absolute atomic E-state index is 10.9. The van der Waals surface area contributed by atoms with Gasteiger partial charge in [-0.3, -0.25) is 15.1 Å². The van der Waals surface area contributed by atoms with Gasteiger partial charge in [0.05, 0.1) is 16.5 Å². The van der Waals surface area contributed by atoms with Gasteiger partial charge in [0.1, 0.15) is 0 Å². The van der Waals surface area contributed by atoms with Crippen molar-refractivity contribution in [1.82, 2.24) is 0 Å². The zero-order valence-corrected chi connectivity index (χ0v) is 10.6. The van der Waals surface area contributed by atoms with E-state index in [0.29, 0.717) is 5.56 Å². The van der Waals surface area contributed by atoms with Gasteiger partial charge in [0.15, 0.2) is 0 Å². The molecule has 0 aliphatic carbocycles. The third-order valence-electron chi connectivity index (χ3n) is 2.85. The van der Waals surface area contributed by atoms with E-state index in [-0.39, 0.29) is 11.7 Å². The molecule has 0 aromatic heterocycles. The molecule has 0 spiro atoms. The molecule has 4 heteroatoms. The van der Waals surface area contributed by atoms with Crippen LogP contribution in [0, 0.1) is 10.1 Å². The molecule has 0 saturated heterocycles. The predicted octanol–water partition coefficient (Wildman–Crippen LogP) is 3.77. The first-order valence-corrected chi connectivity index (χ1v) is 6.00. The van der Waals surface area contributed by atoms with E-state index in [1.165, 1.54) is 6.07 Å². The summed E-state index contributed by atoms with van der Waals surface area (Å²) in [6, 6.07) is 16.4. The van der Waals surface area contributed by atoms with Crippen molar-refractivity contribution in [3.63, 3.8) is 0 Å². The highest BCUT2D eigenvalue weighted by molar-refractivity contribution is 5.85. The topological polar surface area (TPSA) is 55.5 Å². The Morgan fingerprint density at radius 2 is 1.74 bits per heavy atom. The Balaban J connectivity index is 2.22. The lowest BCUT2D eigenvalue weighted by Crippen LogP contribution is -1.95. The largest absolute Gasteiger partial charge is 0.285 e. The highest BCUT2D eigenvalue weighted by Gasteiger charge is 2.10. The van der Waals surface area contributed by atoms with Gasteiger partial charge < -0.3 is 0 Å². The standard InChI is InChI=1S/C15H14N2O2/c1-12(13-7-3-2-4-8-13)16-11-14-9-5-6-10-15(14)17(18)19/h2-12H,1H3/t12-/m1/s1. The molecular weight excluding hydrogens is 240 g/mol. The summed E-state index contributed by atoms with van der Waals surface area (Å²) in [6.07, 6.45) is 1.57. The zero-order valence-electron chi connectivity index (χ0n) is 10.6. The quantitative estimate of drug-likeness (QED) is 0.473. The molecule has 0 aliphatic rings. The molecular formula is C15H14N2O2. The second-order valence-electron chi connectivity index (χ2n) is 4.18. The molecule has 0 amide bonds. The van der Waals surface area contributed by atoms with Crippen LogP contribution in [0.15, 0.2) is 59.6 Å². The summed E-state index contributed by atoms with van der Waals surface area (Å²) < 4.78 is 0. The van der Waals surface area contributed by atoms with Gasteiger partial charge in [-0.25, -0.2) is 0 Å². The monoisotopic (exact) mass is 254 g/mol. The molecule has 2 aromatic carbocycles. The highest BCUT2D eigenvalue weighted by Crippen LogP contribution is 2.19. The molecule has 2 rings (SSSR count). The van der Waals surface area contributed by atoms with Crippen molar-refractivity contribution in [3.05, 3.63) is 75.8 Å². The first-order chi connectivity index (χ1) is 9.18. The first-order valence-electron chi connectivity index (χ1n) is 6.00. The van der Waals surface area contributed by atoms with Crippen LogP contribution in [-0.2, 0) is 0 Å². The number of hydrogen-bond acceptors (Lipinski definition) is 3. The highest BCUT2D eigenvalue weighted by atomic mass is 16.6. The Kier molecular flexibility index (Phi) is 4.03. The number of nitrogens with zero attached hydrogens (tertiary/aromatic N) is 2. The normalized spacial score (nSPS) is 12.5. The fraction of sp³-hybridized carbons (Fsp3) is 0.133. The van der Waals surface area contributed by atoms with Crippen LogP contribution in [0.5, 0.6) is 0 Å². The van der Waals surface area contributed by atoms with E-state index in [1.54, 1.807) is 24.4 Å². The number of nitro benzene ring substituents is 1. The number of nitro groups is 1. The first kappa shape index (κ1) is 13.0.